The van der Waals surface area contributed by atoms with Gasteiger partial charge in [-0.05, 0) is 26.0 Å². The smallest absolute Gasteiger partial charge is 0.225 e. The van der Waals surface area contributed by atoms with Gasteiger partial charge in [0.25, 0.3) is 0 Å². The Morgan fingerprint density at radius 2 is 1.84 bits per heavy atom. The van der Waals surface area contributed by atoms with E-state index >= 15 is 0 Å². The van der Waals surface area contributed by atoms with Gasteiger partial charge >= 0.3 is 0 Å². The van der Waals surface area contributed by atoms with Crippen LogP contribution in [0.5, 0.6) is 0 Å². The summed E-state index contributed by atoms with van der Waals surface area (Å²) in [6.07, 6.45) is 6.46. The van der Waals surface area contributed by atoms with E-state index in [-0.39, 0.29) is 5.41 Å². The molecule has 1 saturated heterocycles. The van der Waals surface area contributed by atoms with Crippen LogP contribution in [0.2, 0.25) is 0 Å². The summed E-state index contributed by atoms with van der Waals surface area (Å²) < 4.78 is 5.83. The molecular weight excluding hydrogens is 392 g/mol. The average molecular weight is 429 g/mol. The highest BCUT2D eigenvalue weighted by molar-refractivity contribution is 5.79. The topological polar surface area (TPSA) is 94.7 Å². The number of guanidine groups is 1. The molecule has 9 heteroatoms. The summed E-state index contributed by atoms with van der Waals surface area (Å²) >= 11 is 0. The second-order valence-electron chi connectivity index (χ2n) is 8.72. The van der Waals surface area contributed by atoms with Crippen molar-refractivity contribution in [3.8, 4) is 0 Å². The van der Waals surface area contributed by atoms with E-state index in [1.54, 1.807) is 18.6 Å². The summed E-state index contributed by atoms with van der Waals surface area (Å²) in [4.78, 5) is 22.4. The highest BCUT2D eigenvalue weighted by Gasteiger charge is 2.19. The van der Waals surface area contributed by atoms with Gasteiger partial charge in [-0.15, -0.1) is 0 Å². The molecule has 3 heterocycles. The van der Waals surface area contributed by atoms with Crippen molar-refractivity contribution in [2.24, 2.45) is 4.99 Å². The zero-order chi connectivity index (χ0) is 22.1. The van der Waals surface area contributed by atoms with Gasteiger partial charge < -0.3 is 20.0 Å². The molecule has 2 N–H and O–H groups in total. The maximum atomic E-state index is 5.83. The number of aromatic nitrogens is 3. The van der Waals surface area contributed by atoms with Crippen molar-refractivity contribution in [3.63, 3.8) is 0 Å². The Morgan fingerprint density at radius 1 is 1.10 bits per heavy atom. The summed E-state index contributed by atoms with van der Waals surface area (Å²) in [6.45, 7) is 15.6. The van der Waals surface area contributed by atoms with E-state index in [0.29, 0.717) is 12.4 Å². The number of piperazine rings is 1. The molecule has 2 aromatic heterocycles. The molecule has 0 bridgehead atoms. The molecule has 0 aliphatic carbocycles. The molecule has 3 rings (SSSR count). The monoisotopic (exact) mass is 428 g/mol. The number of oxazole rings is 1. The van der Waals surface area contributed by atoms with Crippen molar-refractivity contribution in [2.75, 3.05) is 50.7 Å². The van der Waals surface area contributed by atoms with Gasteiger partial charge in [0.2, 0.25) is 11.8 Å². The van der Waals surface area contributed by atoms with Crippen molar-refractivity contribution >= 4 is 11.9 Å². The van der Waals surface area contributed by atoms with Crippen molar-refractivity contribution < 1.29 is 4.42 Å². The summed E-state index contributed by atoms with van der Waals surface area (Å²) in [5.41, 5.74) is -0.0443. The van der Waals surface area contributed by atoms with E-state index in [4.69, 9.17) is 4.42 Å². The molecule has 2 aromatic rings. The molecule has 0 unspecified atom stereocenters. The third kappa shape index (κ3) is 7.20. The van der Waals surface area contributed by atoms with E-state index in [2.05, 4.69) is 68.1 Å². The third-order valence-corrected chi connectivity index (χ3v) is 5.16. The Hall–Kier alpha value is -2.68. The summed E-state index contributed by atoms with van der Waals surface area (Å²) in [7, 11) is 0. The van der Waals surface area contributed by atoms with E-state index in [9.17, 15) is 0 Å². The zero-order valence-corrected chi connectivity index (χ0v) is 19.3. The van der Waals surface area contributed by atoms with E-state index in [1.807, 2.05) is 6.07 Å². The molecule has 1 aliphatic heterocycles. The number of nitrogens with one attached hydrogen (secondary N) is 2. The Bertz CT molecular complexity index is 806. The second kappa shape index (κ2) is 11.1. The molecule has 0 saturated carbocycles. The van der Waals surface area contributed by atoms with Gasteiger partial charge in [0.15, 0.2) is 5.96 Å². The molecule has 0 spiro atoms. The van der Waals surface area contributed by atoms with Crippen LogP contribution in [-0.4, -0.2) is 71.6 Å². The minimum atomic E-state index is -0.0443. The summed E-state index contributed by atoms with van der Waals surface area (Å²) in [5, 5.41) is 6.70. The fourth-order valence-electron chi connectivity index (χ4n) is 3.35. The standard InChI is InChI=1S/C22H36N8O/c1-5-23-20(28-17-19-27-16-18(31-19)22(2,3)4)24-10-7-11-29-12-14-30(15-13-29)21-25-8-6-9-26-21/h6,8-9,16H,5,7,10-15,17H2,1-4H3,(H2,23,24,28). The number of hydrogen-bond acceptors (Lipinski definition) is 7. The van der Waals surface area contributed by atoms with Crippen molar-refractivity contribution in [1.82, 2.24) is 30.5 Å². The molecule has 170 valence electrons. The first-order chi connectivity index (χ1) is 15.0. The summed E-state index contributed by atoms with van der Waals surface area (Å²) in [5.74, 6) is 3.15. The van der Waals surface area contributed by atoms with Crippen LogP contribution in [0.1, 0.15) is 45.8 Å². The largest absolute Gasteiger partial charge is 0.443 e. The molecular formula is C22H36N8O. The van der Waals surface area contributed by atoms with Crippen LogP contribution < -0.4 is 15.5 Å². The molecule has 0 amide bonds. The number of nitrogens with zero attached hydrogens (tertiary/aromatic N) is 6. The lowest BCUT2D eigenvalue weighted by atomic mass is 9.94. The highest BCUT2D eigenvalue weighted by atomic mass is 16.4. The van der Waals surface area contributed by atoms with Gasteiger partial charge in [0.1, 0.15) is 12.3 Å². The maximum absolute atomic E-state index is 5.83. The first-order valence-electron chi connectivity index (χ1n) is 11.2. The maximum Gasteiger partial charge on any atom is 0.225 e. The number of anilines is 1. The van der Waals surface area contributed by atoms with E-state index in [1.165, 1.54) is 0 Å². The van der Waals surface area contributed by atoms with Gasteiger partial charge in [-0.1, -0.05) is 20.8 Å². The average Bonchev–Trinajstić information content (AvgIpc) is 3.26. The van der Waals surface area contributed by atoms with Gasteiger partial charge in [-0.2, -0.15) is 0 Å². The first kappa shape index (κ1) is 23.0. The fourth-order valence-corrected chi connectivity index (χ4v) is 3.35. The fraction of sp³-hybridized carbons (Fsp3) is 0.636. The van der Waals surface area contributed by atoms with E-state index < -0.39 is 0 Å². The minimum absolute atomic E-state index is 0.0443. The Balaban J connectivity index is 1.38. The predicted molar refractivity (Wildman–Crippen MR) is 123 cm³/mol. The van der Waals surface area contributed by atoms with Crippen LogP contribution in [0.3, 0.4) is 0 Å². The minimum Gasteiger partial charge on any atom is -0.443 e. The SMILES string of the molecule is CCNC(=NCc1ncc(C(C)(C)C)o1)NCCCN1CCN(c2ncccn2)CC1. The van der Waals surface area contributed by atoms with Crippen molar-refractivity contribution in [3.05, 3.63) is 36.3 Å². The first-order valence-corrected chi connectivity index (χ1v) is 11.2. The molecule has 0 aromatic carbocycles. The van der Waals surface area contributed by atoms with Crippen LogP contribution in [0.15, 0.2) is 34.1 Å². The molecule has 1 fully saturated rings. The molecule has 1 aliphatic rings. The zero-order valence-electron chi connectivity index (χ0n) is 19.3. The Kier molecular flexibility index (Phi) is 8.22. The van der Waals surface area contributed by atoms with Crippen LogP contribution >= 0.6 is 0 Å². The summed E-state index contributed by atoms with van der Waals surface area (Å²) in [6, 6.07) is 1.85. The van der Waals surface area contributed by atoms with Gasteiger partial charge in [-0.25, -0.2) is 19.9 Å². The molecule has 31 heavy (non-hydrogen) atoms. The normalized spacial score (nSPS) is 15.9. The van der Waals surface area contributed by atoms with Gasteiger partial charge in [0.05, 0.1) is 6.20 Å². The van der Waals surface area contributed by atoms with Crippen LogP contribution in [0.4, 0.5) is 5.95 Å². The van der Waals surface area contributed by atoms with Gasteiger partial charge in [-0.3, -0.25) is 4.90 Å². The predicted octanol–water partition coefficient (Wildman–Crippen LogP) is 2.03. The van der Waals surface area contributed by atoms with Crippen molar-refractivity contribution in [1.29, 1.82) is 0 Å². The lowest BCUT2D eigenvalue weighted by molar-refractivity contribution is 0.254. The molecule has 0 radical (unpaired) electrons. The van der Waals surface area contributed by atoms with E-state index in [0.717, 1.165) is 69.9 Å². The quantitative estimate of drug-likeness (QED) is 0.375. The number of hydrogen-bond donors (Lipinski definition) is 2. The third-order valence-electron chi connectivity index (χ3n) is 5.16. The van der Waals surface area contributed by atoms with Crippen LogP contribution in [0.25, 0.3) is 0 Å². The number of rotatable bonds is 8. The number of aliphatic imine (C=N–C) groups is 1. The second-order valence-corrected chi connectivity index (χ2v) is 8.72. The molecule has 9 nitrogen and oxygen atoms in total. The molecule has 0 atom stereocenters. The highest BCUT2D eigenvalue weighted by Crippen LogP contribution is 2.22. The van der Waals surface area contributed by atoms with Crippen LogP contribution in [0, 0.1) is 0 Å². The lowest BCUT2D eigenvalue weighted by Gasteiger charge is -2.34. The Labute approximate surface area is 185 Å². The lowest BCUT2D eigenvalue weighted by Crippen LogP contribution is -2.47. The van der Waals surface area contributed by atoms with Crippen LogP contribution in [-0.2, 0) is 12.0 Å². The van der Waals surface area contributed by atoms with Gasteiger partial charge in [0, 0.05) is 57.1 Å². The Morgan fingerprint density at radius 3 is 2.48 bits per heavy atom. The van der Waals surface area contributed by atoms with Crippen molar-refractivity contribution in [2.45, 2.75) is 46.1 Å².